The third-order valence-corrected chi connectivity index (χ3v) is 4.66. The number of alkyl halides is 3. The van der Waals surface area contributed by atoms with Crippen LogP contribution in [0.2, 0.25) is 0 Å². The minimum atomic E-state index is -4.51. The van der Waals surface area contributed by atoms with Gasteiger partial charge in [-0.1, -0.05) is 6.07 Å². The van der Waals surface area contributed by atoms with Gasteiger partial charge in [-0.05, 0) is 36.8 Å². The lowest BCUT2D eigenvalue weighted by molar-refractivity contribution is -0.139. The summed E-state index contributed by atoms with van der Waals surface area (Å²) in [5, 5.41) is 2.92. The highest BCUT2D eigenvalue weighted by atomic mass is 32.1. The molecule has 2 saturated heterocycles. The van der Waals surface area contributed by atoms with Crippen LogP contribution in [-0.2, 0) is 22.3 Å². The van der Waals surface area contributed by atoms with Crippen LogP contribution in [0.3, 0.4) is 0 Å². The van der Waals surface area contributed by atoms with E-state index in [1.54, 1.807) is 13.0 Å². The van der Waals surface area contributed by atoms with Crippen molar-refractivity contribution in [1.29, 1.82) is 0 Å². The summed E-state index contributed by atoms with van der Waals surface area (Å²) in [6.07, 6.45) is -4.51. The van der Waals surface area contributed by atoms with Gasteiger partial charge in [0.1, 0.15) is 6.04 Å². The van der Waals surface area contributed by atoms with Crippen molar-refractivity contribution in [3.8, 4) is 0 Å². The molecular weight excluding hydrogens is 355 g/mol. The highest BCUT2D eigenvalue weighted by Gasteiger charge is 2.37. The molecule has 1 N–H and O–H groups in total. The van der Waals surface area contributed by atoms with Crippen LogP contribution in [0.5, 0.6) is 0 Å². The first-order chi connectivity index (χ1) is 11.8. The molecule has 0 bridgehead atoms. The molecule has 2 aliphatic heterocycles. The normalized spacial score (nSPS) is 21.7. The van der Waals surface area contributed by atoms with Gasteiger partial charge in [0.15, 0.2) is 5.11 Å². The lowest BCUT2D eigenvalue weighted by Gasteiger charge is -2.30. The third-order valence-electron chi connectivity index (χ3n) is 4.33. The van der Waals surface area contributed by atoms with Gasteiger partial charge in [0, 0.05) is 18.8 Å². The van der Waals surface area contributed by atoms with Crippen LogP contribution >= 0.6 is 12.2 Å². The second-order valence-electron chi connectivity index (χ2n) is 6.03. The number of nitrogens with zero attached hydrogens (tertiary/aromatic N) is 2. The topological polar surface area (TPSA) is 44.8 Å². The molecule has 2 heterocycles. The Morgan fingerprint density at radius 1 is 1.32 bits per heavy atom. The number of nitrogens with one attached hydrogen (secondary N) is 1. The summed E-state index contributed by atoms with van der Waals surface area (Å²) in [4.78, 5) is 15.1. The van der Waals surface area contributed by atoms with Crippen LogP contribution in [-0.4, -0.2) is 48.3 Å². The molecule has 0 unspecified atom stereocenters. The average molecular weight is 373 g/mol. The Bertz CT molecular complexity index is 690. The van der Waals surface area contributed by atoms with Crippen molar-refractivity contribution in [2.75, 3.05) is 31.2 Å². The fraction of sp³-hybridized carbons (Fsp3) is 0.500. The minimum absolute atomic E-state index is 0.0242. The van der Waals surface area contributed by atoms with Crippen LogP contribution in [0.1, 0.15) is 18.1 Å². The van der Waals surface area contributed by atoms with Crippen molar-refractivity contribution >= 4 is 28.9 Å². The van der Waals surface area contributed by atoms with Gasteiger partial charge in [-0.2, -0.15) is 13.2 Å². The molecule has 25 heavy (non-hydrogen) atoms. The number of hydrogen-bond donors (Lipinski definition) is 1. The fourth-order valence-corrected chi connectivity index (χ4v) is 3.29. The van der Waals surface area contributed by atoms with E-state index in [1.165, 1.54) is 11.0 Å². The molecule has 136 valence electrons. The largest absolute Gasteiger partial charge is 0.416 e. The minimum Gasteiger partial charge on any atom is -0.378 e. The smallest absolute Gasteiger partial charge is 0.378 e. The molecular formula is C16H18F3N3O2S. The molecule has 1 atom stereocenters. The molecule has 0 spiro atoms. The van der Waals surface area contributed by atoms with Gasteiger partial charge in [-0.3, -0.25) is 9.69 Å². The van der Waals surface area contributed by atoms with Gasteiger partial charge in [-0.15, -0.1) is 0 Å². The van der Waals surface area contributed by atoms with Crippen molar-refractivity contribution in [2.24, 2.45) is 0 Å². The van der Waals surface area contributed by atoms with Crippen molar-refractivity contribution in [1.82, 2.24) is 10.2 Å². The van der Waals surface area contributed by atoms with Crippen LogP contribution in [0.4, 0.5) is 18.9 Å². The van der Waals surface area contributed by atoms with Gasteiger partial charge in [0.05, 0.1) is 25.3 Å². The Morgan fingerprint density at radius 2 is 2.00 bits per heavy atom. The number of carbonyl (C=O) groups excluding carboxylic acids is 1. The predicted octanol–water partition coefficient (Wildman–Crippen LogP) is 2.15. The number of amides is 1. The Hall–Kier alpha value is -1.87. The van der Waals surface area contributed by atoms with Gasteiger partial charge in [0.25, 0.3) is 5.91 Å². The van der Waals surface area contributed by atoms with E-state index in [2.05, 4.69) is 5.32 Å². The number of benzene rings is 1. The summed E-state index contributed by atoms with van der Waals surface area (Å²) in [5.74, 6) is -0.324. The quantitative estimate of drug-likeness (QED) is 0.823. The fourth-order valence-electron chi connectivity index (χ4n) is 2.96. The van der Waals surface area contributed by atoms with Gasteiger partial charge < -0.3 is 15.0 Å². The third kappa shape index (κ3) is 3.72. The maximum absolute atomic E-state index is 13.5. The van der Waals surface area contributed by atoms with E-state index in [4.69, 9.17) is 17.0 Å². The highest BCUT2D eigenvalue weighted by molar-refractivity contribution is 7.80. The molecule has 1 amide bonds. The number of thiocarbonyl (C=S) groups is 1. The molecule has 5 nitrogen and oxygen atoms in total. The predicted molar refractivity (Wildman–Crippen MR) is 90.2 cm³/mol. The van der Waals surface area contributed by atoms with Crippen molar-refractivity contribution in [3.05, 3.63) is 29.3 Å². The summed E-state index contributed by atoms with van der Waals surface area (Å²) >= 11 is 5.05. The molecule has 2 aliphatic rings. The zero-order valence-corrected chi connectivity index (χ0v) is 14.4. The van der Waals surface area contributed by atoms with Crippen LogP contribution in [0.15, 0.2) is 18.2 Å². The Morgan fingerprint density at radius 3 is 2.56 bits per heavy atom. The summed E-state index contributed by atoms with van der Waals surface area (Å²) in [7, 11) is 0. The Labute approximate surface area is 148 Å². The Kier molecular flexibility index (Phi) is 4.88. The molecule has 0 radical (unpaired) electrons. The number of halogens is 3. The number of rotatable bonds is 3. The number of carbonyl (C=O) groups is 1. The molecule has 0 saturated carbocycles. The lowest BCUT2D eigenvalue weighted by atomic mass is 10.0. The monoisotopic (exact) mass is 373 g/mol. The second-order valence-corrected chi connectivity index (χ2v) is 6.42. The SMILES string of the molecule is C[C@H]1NC(=S)N(Cc2ccc(N3CCOCC3)cc2C(F)(F)F)C1=O. The number of anilines is 1. The number of morpholine rings is 1. The first-order valence-corrected chi connectivity index (χ1v) is 8.33. The van der Waals surface area contributed by atoms with E-state index in [1.807, 2.05) is 4.90 Å². The van der Waals surface area contributed by atoms with Crippen molar-refractivity contribution in [2.45, 2.75) is 25.7 Å². The molecule has 0 aliphatic carbocycles. The summed E-state index contributed by atoms with van der Waals surface area (Å²) in [5.41, 5.74) is -0.219. The van der Waals surface area contributed by atoms with Crippen molar-refractivity contribution < 1.29 is 22.7 Å². The van der Waals surface area contributed by atoms with E-state index in [9.17, 15) is 18.0 Å². The van der Waals surface area contributed by atoms with E-state index in [0.717, 1.165) is 6.07 Å². The van der Waals surface area contributed by atoms with Crippen LogP contribution in [0, 0.1) is 0 Å². The Balaban J connectivity index is 1.90. The highest BCUT2D eigenvalue weighted by Crippen LogP contribution is 2.35. The second kappa shape index (κ2) is 6.80. The van der Waals surface area contributed by atoms with Gasteiger partial charge in [-0.25, -0.2) is 0 Å². The summed E-state index contributed by atoms with van der Waals surface area (Å²) < 4.78 is 45.9. The molecule has 1 aromatic carbocycles. The molecule has 1 aromatic rings. The molecule has 9 heteroatoms. The molecule has 3 rings (SSSR count). The van der Waals surface area contributed by atoms with Crippen molar-refractivity contribution in [3.63, 3.8) is 0 Å². The van der Waals surface area contributed by atoms with Gasteiger partial charge >= 0.3 is 6.18 Å². The van der Waals surface area contributed by atoms with E-state index in [0.29, 0.717) is 32.0 Å². The standard InChI is InChI=1S/C16H18F3N3O2S/c1-10-14(23)22(15(25)20-10)9-11-2-3-12(8-13(11)16(17,18)19)21-4-6-24-7-5-21/h2-3,8,10H,4-7,9H2,1H3,(H,20,25)/t10-/m1/s1. The molecule has 0 aromatic heterocycles. The zero-order valence-electron chi connectivity index (χ0n) is 13.6. The zero-order chi connectivity index (χ0) is 18.2. The maximum Gasteiger partial charge on any atom is 0.416 e. The average Bonchev–Trinajstić information content (AvgIpc) is 2.81. The first-order valence-electron chi connectivity index (χ1n) is 7.92. The number of ether oxygens (including phenoxy) is 1. The lowest BCUT2D eigenvalue weighted by Crippen LogP contribution is -2.36. The number of hydrogen-bond acceptors (Lipinski definition) is 4. The van der Waals surface area contributed by atoms with Gasteiger partial charge in [0.2, 0.25) is 0 Å². The van der Waals surface area contributed by atoms with Crippen LogP contribution in [0.25, 0.3) is 0 Å². The van der Waals surface area contributed by atoms with E-state index >= 15 is 0 Å². The van der Waals surface area contributed by atoms with E-state index < -0.39 is 17.8 Å². The maximum atomic E-state index is 13.5. The first kappa shape index (κ1) is 17.9. The van der Waals surface area contributed by atoms with E-state index in [-0.39, 0.29) is 23.1 Å². The van der Waals surface area contributed by atoms with Crippen LogP contribution < -0.4 is 10.2 Å². The summed E-state index contributed by atoms with van der Waals surface area (Å²) in [6.45, 7) is 3.50. The molecule has 2 fully saturated rings. The summed E-state index contributed by atoms with van der Waals surface area (Å²) in [6, 6.07) is 3.69.